The van der Waals surface area contributed by atoms with Crippen LogP contribution in [0.5, 0.6) is 0 Å². The monoisotopic (exact) mass is 291 g/mol. The van der Waals surface area contributed by atoms with Gasteiger partial charge in [-0.2, -0.15) is 5.10 Å². The quantitative estimate of drug-likeness (QED) is 0.900. The Hall–Kier alpha value is -1.89. The minimum Gasteiger partial charge on any atom is -0.395 e. The number of carbonyl (C=O) groups is 1. The van der Waals surface area contributed by atoms with Crippen LogP contribution < -0.4 is 5.73 Å². The number of hydrogen-bond donors (Lipinski definition) is 2. The summed E-state index contributed by atoms with van der Waals surface area (Å²) < 4.78 is 0. The van der Waals surface area contributed by atoms with Crippen LogP contribution in [0.4, 0.5) is 5.69 Å². The number of aromatic amines is 1. The lowest BCUT2D eigenvalue weighted by Gasteiger charge is -2.15. The third-order valence-corrected chi connectivity index (χ3v) is 4.51. The van der Waals surface area contributed by atoms with Crippen LogP contribution in [-0.4, -0.2) is 33.0 Å². The summed E-state index contributed by atoms with van der Waals surface area (Å²) in [7, 11) is 1.76. The van der Waals surface area contributed by atoms with Crippen molar-refractivity contribution in [1.82, 2.24) is 20.1 Å². The summed E-state index contributed by atoms with van der Waals surface area (Å²) in [6, 6.07) is 0. The first-order valence-electron chi connectivity index (χ1n) is 6.56. The molecule has 0 aromatic carbocycles. The molecule has 0 aliphatic heterocycles. The lowest BCUT2D eigenvalue weighted by Crippen LogP contribution is -2.27. The first-order chi connectivity index (χ1) is 9.58. The Bertz CT molecular complexity index is 643. The molecule has 1 aliphatic carbocycles. The second kappa shape index (κ2) is 4.90. The van der Waals surface area contributed by atoms with Gasteiger partial charge in [-0.1, -0.05) is 0 Å². The van der Waals surface area contributed by atoms with Crippen LogP contribution in [-0.2, 0) is 6.54 Å². The summed E-state index contributed by atoms with van der Waals surface area (Å²) in [5, 5.41) is 7.01. The minimum absolute atomic E-state index is 0.154. The van der Waals surface area contributed by atoms with Gasteiger partial charge in [0.05, 0.1) is 29.1 Å². The van der Waals surface area contributed by atoms with Gasteiger partial charge in [0.2, 0.25) is 0 Å². The fourth-order valence-corrected chi connectivity index (χ4v) is 2.99. The molecule has 1 saturated carbocycles. The molecule has 106 valence electrons. The Morgan fingerprint density at radius 3 is 2.95 bits per heavy atom. The molecule has 1 fully saturated rings. The summed E-state index contributed by atoms with van der Waals surface area (Å²) in [4.78, 5) is 19.3. The molecule has 7 heteroatoms. The largest absolute Gasteiger partial charge is 0.395 e. The van der Waals surface area contributed by atoms with Gasteiger partial charge >= 0.3 is 0 Å². The SMILES string of the molecule is Cc1ncsc1CN(C)C(=O)c1n[nH]c(C2CC2)c1N. The Labute approximate surface area is 121 Å². The van der Waals surface area contributed by atoms with Gasteiger partial charge in [0.15, 0.2) is 5.69 Å². The molecule has 6 nitrogen and oxygen atoms in total. The van der Waals surface area contributed by atoms with Crippen LogP contribution in [0.3, 0.4) is 0 Å². The molecule has 0 atom stereocenters. The fraction of sp³-hybridized carbons (Fsp3) is 0.462. The maximum Gasteiger partial charge on any atom is 0.276 e. The highest BCUT2D eigenvalue weighted by atomic mass is 32.1. The molecule has 0 bridgehead atoms. The van der Waals surface area contributed by atoms with Gasteiger partial charge in [-0.05, 0) is 19.8 Å². The average Bonchev–Trinajstić information content (AvgIpc) is 3.09. The van der Waals surface area contributed by atoms with E-state index in [2.05, 4.69) is 15.2 Å². The first-order valence-corrected chi connectivity index (χ1v) is 7.44. The van der Waals surface area contributed by atoms with Crippen molar-refractivity contribution in [2.75, 3.05) is 12.8 Å². The number of nitrogen functional groups attached to an aromatic ring is 1. The highest BCUT2D eigenvalue weighted by Gasteiger charge is 2.31. The number of thiazole rings is 1. The average molecular weight is 291 g/mol. The van der Waals surface area contributed by atoms with Crippen molar-refractivity contribution >= 4 is 22.9 Å². The molecular weight excluding hydrogens is 274 g/mol. The molecule has 1 aliphatic rings. The second-order valence-corrected chi connectivity index (χ2v) is 6.14. The number of nitrogens with zero attached hydrogens (tertiary/aromatic N) is 3. The van der Waals surface area contributed by atoms with Gasteiger partial charge in [0.25, 0.3) is 5.91 Å². The van der Waals surface area contributed by atoms with E-state index in [4.69, 9.17) is 5.73 Å². The molecule has 2 aromatic heterocycles. The van der Waals surface area contributed by atoms with E-state index in [1.807, 2.05) is 6.92 Å². The number of nitrogens with two attached hydrogens (primary N) is 1. The van der Waals surface area contributed by atoms with E-state index < -0.39 is 0 Å². The maximum atomic E-state index is 12.4. The van der Waals surface area contributed by atoms with E-state index in [0.29, 0.717) is 23.8 Å². The fourth-order valence-electron chi connectivity index (χ4n) is 2.16. The predicted molar refractivity (Wildman–Crippen MR) is 77.6 cm³/mol. The molecule has 2 heterocycles. The van der Waals surface area contributed by atoms with Crippen molar-refractivity contribution in [2.45, 2.75) is 32.2 Å². The van der Waals surface area contributed by atoms with Crippen molar-refractivity contribution in [3.8, 4) is 0 Å². The Kier molecular flexibility index (Phi) is 3.21. The number of hydrogen-bond acceptors (Lipinski definition) is 5. The normalized spacial score (nSPS) is 14.5. The summed E-state index contributed by atoms with van der Waals surface area (Å²) in [5.74, 6) is 0.302. The molecule has 0 saturated heterocycles. The predicted octanol–water partition coefficient (Wildman–Crippen LogP) is 1.91. The molecule has 1 amide bonds. The third kappa shape index (κ3) is 2.29. The van der Waals surface area contributed by atoms with Gasteiger partial charge in [0.1, 0.15) is 0 Å². The smallest absolute Gasteiger partial charge is 0.276 e. The summed E-state index contributed by atoms with van der Waals surface area (Å²) in [6.07, 6.45) is 2.24. The number of carbonyl (C=O) groups excluding carboxylic acids is 1. The molecule has 2 aromatic rings. The number of amides is 1. The van der Waals surface area contributed by atoms with E-state index in [0.717, 1.165) is 29.1 Å². The Morgan fingerprint density at radius 2 is 2.35 bits per heavy atom. The van der Waals surface area contributed by atoms with Gasteiger partial charge in [-0.3, -0.25) is 9.89 Å². The number of rotatable bonds is 4. The van der Waals surface area contributed by atoms with E-state index in [1.54, 1.807) is 28.8 Å². The van der Waals surface area contributed by atoms with Crippen molar-refractivity contribution in [3.63, 3.8) is 0 Å². The first kappa shape index (κ1) is 13.1. The topological polar surface area (TPSA) is 87.9 Å². The second-order valence-electron chi connectivity index (χ2n) is 5.20. The number of aromatic nitrogens is 3. The van der Waals surface area contributed by atoms with Crippen LogP contribution in [0.15, 0.2) is 5.51 Å². The van der Waals surface area contributed by atoms with Crippen molar-refractivity contribution in [3.05, 3.63) is 27.5 Å². The molecular formula is C13H17N5OS. The Morgan fingerprint density at radius 1 is 1.60 bits per heavy atom. The summed E-state index contributed by atoms with van der Waals surface area (Å²) >= 11 is 1.55. The van der Waals surface area contributed by atoms with Crippen LogP contribution in [0.25, 0.3) is 0 Å². The van der Waals surface area contributed by atoms with Gasteiger partial charge in [-0.15, -0.1) is 11.3 Å². The molecule has 0 radical (unpaired) electrons. The van der Waals surface area contributed by atoms with E-state index in [1.165, 1.54) is 0 Å². The molecule has 0 unspecified atom stereocenters. The van der Waals surface area contributed by atoms with Gasteiger partial charge in [-0.25, -0.2) is 4.98 Å². The van der Waals surface area contributed by atoms with Crippen molar-refractivity contribution in [1.29, 1.82) is 0 Å². The van der Waals surface area contributed by atoms with Crippen LogP contribution in [0, 0.1) is 6.92 Å². The van der Waals surface area contributed by atoms with Crippen LogP contribution >= 0.6 is 11.3 Å². The van der Waals surface area contributed by atoms with Gasteiger partial charge in [0, 0.05) is 17.8 Å². The zero-order valence-corrected chi connectivity index (χ0v) is 12.3. The number of anilines is 1. The van der Waals surface area contributed by atoms with E-state index in [-0.39, 0.29) is 5.91 Å². The highest BCUT2D eigenvalue weighted by molar-refractivity contribution is 7.09. The third-order valence-electron chi connectivity index (χ3n) is 3.59. The number of nitrogens with one attached hydrogen (secondary N) is 1. The lowest BCUT2D eigenvalue weighted by atomic mass is 10.2. The zero-order chi connectivity index (χ0) is 14.3. The molecule has 3 N–H and O–H groups in total. The van der Waals surface area contributed by atoms with Crippen LogP contribution in [0.1, 0.15) is 45.5 Å². The standard InChI is InChI=1S/C13H17N5OS/c1-7-9(20-6-15-7)5-18(2)13(19)12-10(14)11(16-17-12)8-3-4-8/h6,8H,3-5,14H2,1-2H3,(H,16,17). The van der Waals surface area contributed by atoms with Crippen molar-refractivity contribution in [2.24, 2.45) is 0 Å². The maximum absolute atomic E-state index is 12.4. The van der Waals surface area contributed by atoms with Crippen molar-refractivity contribution < 1.29 is 4.79 Å². The van der Waals surface area contributed by atoms with Gasteiger partial charge < -0.3 is 10.6 Å². The summed E-state index contributed by atoms with van der Waals surface area (Å²) in [6.45, 7) is 2.47. The lowest BCUT2D eigenvalue weighted by molar-refractivity contribution is 0.0781. The Balaban J connectivity index is 1.76. The van der Waals surface area contributed by atoms with E-state index >= 15 is 0 Å². The number of aryl methyl sites for hydroxylation is 1. The summed E-state index contributed by atoms with van der Waals surface area (Å²) in [5.41, 5.74) is 10.5. The van der Waals surface area contributed by atoms with E-state index in [9.17, 15) is 4.79 Å². The minimum atomic E-state index is -0.154. The number of H-pyrrole nitrogens is 1. The molecule has 0 spiro atoms. The van der Waals surface area contributed by atoms with Crippen LogP contribution in [0.2, 0.25) is 0 Å². The molecule has 3 rings (SSSR count). The highest BCUT2D eigenvalue weighted by Crippen LogP contribution is 2.42. The molecule has 20 heavy (non-hydrogen) atoms. The zero-order valence-electron chi connectivity index (χ0n) is 11.5.